The van der Waals surface area contributed by atoms with Crippen molar-refractivity contribution in [1.82, 2.24) is 0 Å². The Morgan fingerprint density at radius 3 is 2.75 bits per heavy atom. The van der Waals surface area contributed by atoms with E-state index in [1.807, 2.05) is 0 Å². The second-order valence-electron chi connectivity index (χ2n) is 2.38. The van der Waals surface area contributed by atoms with Crippen LogP contribution in [0.15, 0.2) is 36.0 Å². The Balaban J connectivity index is 2.44. The average Bonchev–Trinajstić information content (AvgIpc) is 1.89. The van der Waals surface area contributed by atoms with Gasteiger partial charge in [-0.25, -0.2) is 0 Å². The number of rotatable bonds is 0. The summed E-state index contributed by atoms with van der Waals surface area (Å²) < 4.78 is 0. The third kappa shape index (κ3) is 0.313. The van der Waals surface area contributed by atoms with Crippen LogP contribution in [0, 0.1) is 5.92 Å². The number of hydrogen-bond donors (Lipinski definition) is 0. The van der Waals surface area contributed by atoms with Crippen LogP contribution in [0.1, 0.15) is 6.42 Å². The van der Waals surface area contributed by atoms with Crippen LogP contribution in [0.3, 0.4) is 0 Å². The first-order chi connectivity index (χ1) is 3.88. The van der Waals surface area contributed by atoms with Gasteiger partial charge in [-0.3, -0.25) is 0 Å². The topological polar surface area (TPSA) is 0 Å². The fourth-order valence-electron chi connectivity index (χ4n) is 1.25. The maximum atomic E-state index is 3.93. The number of allylic oxidation sites excluding steroid dienone is 5. The van der Waals surface area contributed by atoms with Gasteiger partial charge in [0.15, 0.2) is 0 Å². The molecule has 0 N–H and O–H groups in total. The first kappa shape index (κ1) is 4.13. The molecule has 0 amide bonds. The molecular formula is C8H8. The fraction of sp³-hybridized carbons (Fsp3) is 0.250. The number of hydrogen-bond acceptors (Lipinski definition) is 0. The van der Waals surface area contributed by atoms with Gasteiger partial charge in [0.05, 0.1) is 0 Å². The molecule has 2 bridgehead atoms. The lowest BCUT2D eigenvalue weighted by atomic mass is 9.76. The molecule has 1 unspecified atom stereocenters. The van der Waals surface area contributed by atoms with E-state index < -0.39 is 0 Å². The van der Waals surface area contributed by atoms with Crippen LogP contribution in [-0.2, 0) is 0 Å². The van der Waals surface area contributed by atoms with Crippen molar-refractivity contribution < 1.29 is 0 Å². The van der Waals surface area contributed by atoms with E-state index in [9.17, 15) is 0 Å². The molecule has 0 saturated carbocycles. The molecule has 3 aliphatic rings. The molecular weight excluding hydrogens is 96.1 g/mol. The minimum atomic E-state index is 0.610. The van der Waals surface area contributed by atoms with Crippen LogP contribution in [0.5, 0.6) is 0 Å². The highest BCUT2D eigenvalue weighted by atomic mass is 14.3. The molecule has 1 atom stereocenters. The largest absolute Gasteiger partial charge is 0.0946 e. The predicted molar refractivity (Wildman–Crippen MR) is 34.5 cm³/mol. The molecule has 0 heterocycles. The van der Waals surface area contributed by atoms with Gasteiger partial charge in [0.25, 0.3) is 0 Å². The molecule has 0 aromatic heterocycles. The van der Waals surface area contributed by atoms with E-state index in [0.717, 1.165) is 6.42 Å². The summed E-state index contributed by atoms with van der Waals surface area (Å²) in [5.41, 5.74) is 2.80. The summed E-state index contributed by atoms with van der Waals surface area (Å²) in [6, 6.07) is 0. The molecule has 0 heteroatoms. The normalized spacial score (nSPS) is 31.8. The molecule has 0 fully saturated rings. The van der Waals surface area contributed by atoms with Gasteiger partial charge >= 0.3 is 0 Å². The van der Waals surface area contributed by atoms with E-state index in [1.165, 1.54) is 11.1 Å². The van der Waals surface area contributed by atoms with E-state index >= 15 is 0 Å². The van der Waals surface area contributed by atoms with Gasteiger partial charge < -0.3 is 0 Å². The maximum absolute atomic E-state index is 3.93. The van der Waals surface area contributed by atoms with Gasteiger partial charge in [-0.2, -0.15) is 0 Å². The van der Waals surface area contributed by atoms with Crippen LogP contribution in [-0.4, -0.2) is 0 Å². The summed E-state index contributed by atoms with van der Waals surface area (Å²) >= 11 is 0. The van der Waals surface area contributed by atoms with E-state index in [1.54, 1.807) is 0 Å². The zero-order chi connectivity index (χ0) is 5.56. The van der Waals surface area contributed by atoms with Crippen molar-refractivity contribution in [3.63, 3.8) is 0 Å². The van der Waals surface area contributed by atoms with Crippen LogP contribution in [0.2, 0.25) is 0 Å². The summed E-state index contributed by atoms with van der Waals surface area (Å²) in [5, 5.41) is 0. The summed E-state index contributed by atoms with van der Waals surface area (Å²) in [5.74, 6) is 0.610. The Kier molecular flexibility index (Phi) is 0.587. The molecule has 3 rings (SSSR count). The van der Waals surface area contributed by atoms with Gasteiger partial charge in [-0.05, 0) is 17.6 Å². The van der Waals surface area contributed by atoms with Gasteiger partial charge in [0.2, 0.25) is 0 Å². The third-order valence-corrected chi connectivity index (χ3v) is 1.88. The minimum Gasteiger partial charge on any atom is -0.0946 e. The lowest BCUT2D eigenvalue weighted by molar-refractivity contribution is 0.829. The van der Waals surface area contributed by atoms with Crippen LogP contribution in [0.4, 0.5) is 0 Å². The molecule has 0 spiro atoms. The molecule has 0 aromatic rings. The molecule has 0 radical (unpaired) electrons. The van der Waals surface area contributed by atoms with E-state index in [2.05, 4.69) is 24.8 Å². The lowest BCUT2D eigenvalue weighted by Crippen LogP contribution is -2.14. The quantitative estimate of drug-likeness (QED) is 0.413. The Morgan fingerprint density at radius 1 is 1.62 bits per heavy atom. The summed E-state index contributed by atoms with van der Waals surface area (Å²) in [7, 11) is 0. The van der Waals surface area contributed by atoms with Gasteiger partial charge in [0, 0.05) is 5.92 Å². The van der Waals surface area contributed by atoms with Gasteiger partial charge in [-0.15, -0.1) is 0 Å². The smallest absolute Gasteiger partial charge is 0.0201 e. The highest BCUT2D eigenvalue weighted by Crippen LogP contribution is 2.38. The van der Waals surface area contributed by atoms with Crippen molar-refractivity contribution in [2.75, 3.05) is 0 Å². The van der Waals surface area contributed by atoms with Crippen molar-refractivity contribution in [2.24, 2.45) is 5.92 Å². The van der Waals surface area contributed by atoms with Gasteiger partial charge in [0.1, 0.15) is 0 Å². The SMILES string of the molecule is C=C1C2=CC1C=CC2. The molecule has 0 aliphatic heterocycles. The zero-order valence-electron chi connectivity index (χ0n) is 4.72. The standard InChI is InChI=1S/C8H8/c1-6-7-3-2-4-8(6)5-7/h2-3,5,7H,1,4H2. The molecule has 8 heavy (non-hydrogen) atoms. The maximum Gasteiger partial charge on any atom is 0.0201 e. The Hall–Kier alpha value is -0.780. The second kappa shape index (κ2) is 1.13. The van der Waals surface area contributed by atoms with E-state index in [0.29, 0.717) is 5.92 Å². The minimum absolute atomic E-state index is 0.610. The highest BCUT2D eigenvalue weighted by Gasteiger charge is 2.23. The Bertz CT molecular complexity index is 194. The van der Waals surface area contributed by atoms with Crippen molar-refractivity contribution >= 4 is 0 Å². The van der Waals surface area contributed by atoms with Crippen LogP contribution < -0.4 is 0 Å². The molecule has 0 saturated heterocycles. The van der Waals surface area contributed by atoms with Gasteiger partial charge in [-0.1, -0.05) is 24.8 Å². The highest BCUT2D eigenvalue weighted by molar-refractivity contribution is 5.50. The summed E-state index contributed by atoms with van der Waals surface area (Å²) in [6.07, 6.45) is 7.84. The van der Waals surface area contributed by atoms with Crippen molar-refractivity contribution in [3.8, 4) is 0 Å². The summed E-state index contributed by atoms with van der Waals surface area (Å²) in [6.45, 7) is 3.93. The molecule has 0 nitrogen and oxygen atoms in total. The first-order valence-electron chi connectivity index (χ1n) is 2.94. The van der Waals surface area contributed by atoms with Crippen LogP contribution >= 0.6 is 0 Å². The monoisotopic (exact) mass is 104 g/mol. The second-order valence-corrected chi connectivity index (χ2v) is 2.38. The van der Waals surface area contributed by atoms with Crippen molar-refractivity contribution in [3.05, 3.63) is 36.0 Å². The molecule has 0 aromatic carbocycles. The van der Waals surface area contributed by atoms with E-state index in [-0.39, 0.29) is 0 Å². The average molecular weight is 104 g/mol. The number of fused-ring (bicyclic) bond motifs is 1. The summed E-state index contributed by atoms with van der Waals surface area (Å²) in [4.78, 5) is 0. The van der Waals surface area contributed by atoms with E-state index in [4.69, 9.17) is 0 Å². The first-order valence-corrected chi connectivity index (χ1v) is 2.94. The van der Waals surface area contributed by atoms with Crippen molar-refractivity contribution in [2.45, 2.75) is 6.42 Å². The zero-order valence-corrected chi connectivity index (χ0v) is 4.72. The third-order valence-electron chi connectivity index (χ3n) is 1.88. The Morgan fingerprint density at radius 2 is 2.50 bits per heavy atom. The fourth-order valence-corrected chi connectivity index (χ4v) is 1.25. The lowest BCUT2D eigenvalue weighted by Gasteiger charge is -2.29. The predicted octanol–water partition coefficient (Wildman–Crippen LogP) is 2.06. The Labute approximate surface area is 49.2 Å². The molecule has 3 aliphatic carbocycles. The molecule has 40 valence electrons. The van der Waals surface area contributed by atoms with Crippen LogP contribution in [0.25, 0.3) is 0 Å². The van der Waals surface area contributed by atoms with Crippen molar-refractivity contribution in [1.29, 1.82) is 0 Å².